The maximum absolute atomic E-state index is 14.0. The summed E-state index contributed by atoms with van der Waals surface area (Å²) in [5.74, 6) is -1.24. The van der Waals surface area contributed by atoms with Crippen molar-refractivity contribution >= 4 is 30.2 Å². The van der Waals surface area contributed by atoms with Crippen molar-refractivity contribution in [2.75, 3.05) is 20.3 Å². The largest absolute Gasteiger partial charge is 0.469 e. The van der Waals surface area contributed by atoms with Crippen molar-refractivity contribution in [2.24, 2.45) is 5.92 Å². The number of carbonyl (C=O) groups excluding carboxylic acids is 2. The van der Waals surface area contributed by atoms with Crippen LogP contribution in [0, 0.1) is 5.92 Å². The van der Waals surface area contributed by atoms with E-state index in [-0.39, 0.29) is 32.0 Å². The number of benzene rings is 2. The molecule has 2 aliphatic rings. The lowest BCUT2D eigenvalue weighted by Crippen LogP contribution is -2.42. The Bertz CT molecular complexity index is 1050. The van der Waals surface area contributed by atoms with Gasteiger partial charge in [-0.1, -0.05) is 36.4 Å². The van der Waals surface area contributed by atoms with Crippen molar-refractivity contribution in [1.29, 1.82) is 0 Å². The van der Waals surface area contributed by atoms with Crippen molar-refractivity contribution in [3.8, 4) is 0 Å². The van der Waals surface area contributed by atoms with Gasteiger partial charge < -0.3 is 18.7 Å². The molecule has 31 heavy (non-hydrogen) atoms. The molecule has 0 bridgehead atoms. The highest BCUT2D eigenvalue weighted by Gasteiger charge is 2.68. The summed E-state index contributed by atoms with van der Waals surface area (Å²) >= 11 is 0. The second-order valence-corrected chi connectivity index (χ2v) is 10.3. The number of fused-ring (bicyclic) bond motifs is 2. The van der Waals surface area contributed by atoms with Crippen LogP contribution in [0.5, 0.6) is 0 Å². The average molecular weight is 445 g/mol. The Morgan fingerprint density at radius 3 is 2.45 bits per heavy atom. The van der Waals surface area contributed by atoms with Crippen LogP contribution in [0.2, 0.25) is 0 Å². The molecular weight excluding hydrogens is 417 g/mol. The highest BCUT2D eigenvalue weighted by molar-refractivity contribution is 7.55. The first kappa shape index (κ1) is 22.0. The number of rotatable bonds is 7. The molecule has 166 valence electrons. The van der Waals surface area contributed by atoms with Crippen LogP contribution in [0.3, 0.4) is 0 Å². The molecule has 2 aromatic carbocycles. The molecule has 0 radical (unpaired) electrons. The van der Waals surface area contributed by atoms with Gasteiger partial charge in [-0.25, -0.2) is 0 Å². The first-order valence-corrected chi connectivity index (χ1v) is 12.2. The summed E-state index contributed by atoms with van der Waals surface area (Å²) < 4.78 is 30.5. The number of hydrogen-bond donors (Lipinski definition) is 0. The molecule has 8 heteroatoms. The molecule has 2 aromatic rings. The Morgan fingerprint density at radius 1 is 1.13 bits per heavy atom. The van der Waals surface area contributed by atoms with Crippen molar-refractivity contribution < 1.29 is 27.9 Å². The highest BCUT2D eigenvalue weighted by Crippen LogP contribution is 2.72. The Kier molecular flexibility index (Phi) is 5.95. The first-order valence-electron chi connectivity index (χ1n) is 10.7. The Labute approximate surface area is 182 Å². The predicted molar refractivity (Wildman–Crippen MR) is 116 cm³/mol. The van der Waals surface area contributed by atoms with E-state index in [1.54, 1.807) is 18.7 Å². The molecule has 4 rings (SSSR count). The van der Waals surface area contributed by atoms with Gasteiger partial charge in [-0.2, -0.15) is 0 Å². The lowest BCUT2D eigenvalue weighted by molar-refractivity contribution is -0.147. The number of nitrogens with zero attached hydrogens (tertiary/aromatic N) is 1. The topological polar surface area (TPSA) is 82.1 Å². The quantitative estimate of drug-likeness (QED) is 0.456. The summed E-state index contributed by atoms with van der Waals surface area (Å²) in [6.07, 6.45) is 0.739. The summed E-state index contributed by atoms with van der Waals surface area (Å²) in [6, 6.07) is 13.2. The number of amides is 1. The summed E-state index contributed by atoms with van der Waals surface area (Å²) in [5, 5.41) is 0.892. The predicted octanol–water partition coefficient (Wildman–Crippen LogP) is 4.66. The second-order valence-electron chi connectivity index (χ2n) is 7.96. The molecule has 2 saturated heterocycles. The van der Waals surface area contributed by atoms with E-state index < -0.39 is 30.8 Å². The molecular formula is C23H28NO6P. The van der Waals surface area contributed by atoms with E-state index >= 15 is 0 Å². The molecule has 0 unspecified atom stereocenters. The van der Waals surface area contributed by atoms with E-state index in [0.29, 0.717) is 6.42 Å². The third kappa shape index (κ3) is 3.39. The number of carbonyl (C=O) groups is 2. The molecule has 0 aromatic heterocycles. The normalized spacial score (nSPS) is 25.8. The lowest BCUT2D eigenvalue weighted by atomic mass is 9.90. The van der Waals surface area contributed by atoms with Gasteiger partial charge in [0.1, 0.15) is 5.28 Å². The van der Waals surface area contributed by atoms with Crippen molar-refractivity contribution in [3.05, 3.63) is 48.0 Å². The van der Waals surface area contributed by atoms with E-state index in [4.69, 9.17) is 13.8 Å². The summed E-state index contributed by atoms with van der Waals surface area (Å²) in [6.45, 7) is 3.86. The molecule has 2 aliphatic heterocycles. The van der Waals surface area contributed by atoms with Gasteiger partial charge >= 0.3 is 13.6 Å². The van der Waals surface area contributed by atoms with Crippen molar-refractivity contribution in [3.63, 3.8) is 0 Å². The van der Waals surface area contributed by atoms with Gasteiger partial charge in [0, 0.05) is 6.42 Å². The average Bonchev–Trinajstić information content (AvgIpc) is 3.30. The molecule has 3 atom stereocenters. The third-order valence-electron chi connectivity index (χ3n) is 6.39. The van der Waals surface area contributed by atoms with E-state index in [0.717, 1.165) is 16.3 Å². The maximum Gasteiger partial charge on any atom is 0.356 e. The molecule has 1 amide bonds. The van der Waals surface area contributed by atoms with Gasteiger partial charge in [0.05, 0.1) is 32.3 Å². The molecule has 2 heterocycles. The zero-order chi connectivity index (χ0) is 22.2. The fraction of sp³-hybridized carbons (Fsp3) is 0.478. The Hall–Kier alpha value is -2.21. The monoisotopic (exact) mass is 445 g/mol. The number of methoxy groups -OCH3 is 1. The van der Waals surface area contributed by atoms with Crippen LogP contribution in [0.25, 0.3) is 10.8 Å². The van der Waals surface area contributed by atoms with Crippen LogP contribution in [0.4, 0.5) is 0 Å². The minimum absolute atomic E-state index is 0.149. The zero-order valence-corrected chi connectivity index (χ0v) is 19.0. The molecule has 0 aliphatic carbocycles. The third-order valence-corrected chi connectivity index (χ3v) is 9.23. The zero-order valence-electron chi connectivity index (χ0n) is 18.1. The van der Waals surface area contributed by atoms with E-state index in [9.17, 15) is 14.2 Å². The maximum atomic E-state index is 14.0. The van der Waals surface area contributed by atoms with Crippen LogP contribution in [0.1, 0.15) is 44.7 Å². The Balaban J connectivity index is 1.89. The molecule has 0 spiro atoms. The van der Waals surface area contributed by atoms with Crippen molar-refractivity contribution in [1.82, 2.24) is 4.90 Å². The number of ether oxygens (including phenoxy) is 1. The fourth-order valence-electron chi connectivity index (χ4n) is 5.17. The lowest BCUT2D eigenvalue weighted by Gasteiger charge is -2.39. The van der Waals surface area contributed by atoms with Crippen LogP contribution in [-0.2, 0) is 27.9 Å². The van der Waals surface area contributed by atoms with E-state index in [1.165, 1.54) is 7.11 Å². The van der Waals surface area contributed by atoms with Crippen LogP contribution >= 0.6 is 7.60 Å². The molecule has 0 saturated carbocycles. The SMILES string of the molecule is CCOP(=O)(OCC)[C@]12CCC(=O)N1[C@H](c1ccc3ccccc3c1)[C@H](C(=O)OC)C2. The molecule has 2 fully saturated rings. The minimum atomic E-state index is -3.73. The fourth-order valence-corrected chi connectivity index (χ4v) is 7.71. The van der Waals surface area contributed by atoms with Crippen LogP contribution in [0.15, 0.2) is 42.5 Å². The summed E-state index contributed by atoms with van der Waals surface area (Å²) in [4.78, 5) is 27.6. The number of esters is 1. The van der Waals surface area contributed by atoms with Gasteiger partial charge in [-0.05, 0) is 49.1 Å². The highest BCUT2D eigenvalue weighted by atomic mass is 31.2. The van der Waals surface area contributed by atoms with Gasteiger partial charge in [-0.15, -0.1) is 0 Å². The summed E-state index contributed by atoms with van der Waals surface area (Å²) in [7, 11) is -2.39. The van der Waals surface area contributed by atoms with E-state index in [2.05, 4.69) is 0 Å². The second kappa shape index (κ2) is 8.38. The molecule has 7 nitrogen and oxygen atoms in total. The van der Waals surface area contributed by atoms with Gasteiger partial charge in [0.25, 0.3) is 0 Å². The van der Waals surface area contributed by atoms with Gasteiger partial charge in [-0.3, -0.25) is 14.2 Å². The van der Waals surface area contributed by atoms with Crippen molar-refractivity contribution in [2.45, 2.75) is 44.4 Å². The molecule has 0 N–H and O–H groups in total. The van der Waals surface area contributed by atoms with Gasteiger partial charge in [0.15, 0.2) is 0 Å². The summed E-state index contributed by atoms with van der Waals surface area (Å²) in [5.41, 5.74) is 0.811. The minimum Gasteiger partial charge on any atom is -0.469 e. The van der Waals surface area contributed by atoms with Crippen LogP contribution < -0.4 is 0 Å². The smallest absolute Gasteiger partial charge is 0.356 e. The van der Waals surface area contributed by atoms with Crippen LogP contribution in [-0.4, -0.2) is 42.4 Å². The number of hydrogen-bond acceptors (Lipinski definition) is 6. The standard InChI is InChI=1S/C23H28NO6P/c1-4-29-31(27,30-5-2)23-13-12-20(25)24(23)21(19(15-23)22(26)28-3)18-11-10-16-8-6-7-9-17(16)14-18/h6-11,14,19,21H,4-5,12-13,15H2,1-3H3/t19-,21-,23+/m1/s1. The Morgan fingerprint density at radius 2 is 1.81 bits per heavy atom. The van der Waals surface area contributed by atoms with E-state index in [1.807, 2.05) is 42.5 Å². The van der Waals surface area contributed by atoms with Gasteiger partial charge in [0.2, 0.25) is 5.91 Å². The first-order chi connectivity index (χ1) is 14.9.